The van der Waals surface area contributed by atoms with Crippen LogP contribution in [0.15, 0.2) is 30.3 Å². The quantitative estimate of drug-likeness (QED) is 0.562. The Morgan fingerprint density at radius 2 is 1.64 bits per heavy atom. The zero-order valence-corrected chi connectivity index (χ0v) is 16.5. The molecule has 0 amide bonds. The summed E-state index contributed by atoms with van der Waals surface area (Å²) in [4.78, 5) is 12.8. The van der Waals surface area contributed by atoms with Crippen LogP contribution >= 0.6 is 8.58 Å². The monoisotopic (exact) mass is 350 g/mol. The Morgan fingerprint density at radius 3 is 2.16 bits per heavy atom. The Hall–Kier alpha value is -1.06. The van der Waals surface area contributed by atoms with Crippen molar-refractivity contribution in [3.63, 3.8) is 0 Å². The first kappa shape index (κ1) is 22.0. The van der Waals surface area contributed by atoms with Gasteiger partial charge in [0.25, 0.3) is 0 Å². The van der Waals surface area contributed by atoms with Gasteiger partial charge in [0.05, 0.1) is 6.10 Å². The summed E-state index contributed by atoms with van der Waals surface area (Å²) < 4.78 is 5.86. The van der Waals surface area contributed by atoms with Crippen molar-refractivity contribution in [3.8, 4) is 5.75 Å². The minimum absolute atomic E-state index is 0. The van der Waals surface area contributed by atoms with E-state index in [4.69, 9.17) is 4.74 Å². The number of carbonyl (C=O) groups is 1. The van der Waals surface area contributed by atoms with E-state index in [1.165, 1.54) is 5.56 Å². The van der Waals surface area contributed by atoms with Crippen LogP contribution in [-0.4, -0.2) is 30.5 Å². The van der Waals surface area contributed by atoms with Crippen molar-refractivity contribution in [2.45, 2.75) is 54.1 Å². The van der Waals surface area contributed by atoms with E-state index in [2.05, 4.69) is 32.9 Å². The SMILES string of the molecule is CCC(C)Oc1ccc(PC(=O)c2c(C)cc(C)cc2C)c(C)c1.[LiH]. The summed E-state index contributed by atoms with van der Waals surface area (Å²) in [5, 5.41) is 1.09. The van der Waals surface area contributed by atoms with Crippen LogP contribution in [0.5, 0.6) is 5.75 Å². The fourth-order valence-corrected chi connectivity index (χ4v) is 4.09. The van der Waals surface area contributed by atoms with Crippen LogP contribution in [0, 0.1) is 27.7 Å². The molecule has 0 spiro atoms. The third-order valence-corrected chi connectivity index (χ3v) is 5.57. The molecule has 2 rings (SSSR count). The summed E-state index contributed by atoms with van der Waals surface area (Å²) in [5.74, 6) is 0.880. The second kappa shape index (κ2) is 9.58. The molecule has 0 radical (unpaired) electrons. The van der Waals surface area contributed by atoms with Crippen molar-refractivity contribution < 1.29 is 9.53 Å². The van der Waals surface area contributed by atoms with Gasteiger partial charge in [-0.1, -0.05) is 30.7 Å². The molecule has 0 fully saturated rings. The molecule has 2 atom stereocenters. The predicted octanol–water partition coefficient (Wildman–Crippen LogP) is 4.59. The second-order valence-electron chi connectivity index (χ2n) is 6.54. The van der Waals surface area contributed by atoms with Gasteiger partial charge < -0.3 is 4.74 Å². The fraction of sp³-hybridized carbons (Fsp3) is 0.381. The van der Waals surface area contributed by atoms with Gasteiger partial charge in [0.1, 0.15) is 5.75 Å². The van der Waals surface area contributed by atoms with E-state index in [0.717, 1.165) is 39.7 Å². The molecule has 0 N–H and O–H groups in total. The Kier molecular flexibility index (Phi) is 8.43. The first-order chi connectivity index (χ1) is 11.3. The Bertz CT molecular complexity index is 733. The molecular weight excluding hydrogens is 322 g/mol. The van der Waals surface area contributed by atoms with Gasteiger partial charge in [-0.25, -0.2) is 0 Å². The van der Waals surface area contributed by atoms with E-state index in [0.29, 0.717) is 0 Å². The summed E-state index contributed by atoms with van der Waals surface area (Å²) in [6, 6.07) is 10.2. The Balaban J connectivity index is 0.00000312. The summed E-state index contributed by atoms with van der Waals surface area (Å²) >= 11 is 0. The fourth-order valence-electron chi connectivity index (χ4n) is 2.89. The average molecular weight is 350 g/mol. The van der Waals surface area contributed by atoms with E-state index >= 15 is 0 Å². The zero-order chi connectivity index (χ0) is 17.9. The van der Waals surface area contributed by atoms with Crippen LogP contribution in [0.1, 0.15) is 52.9 Å². The molecule has 0 aliphatic heterocycles. The van der Waals surface area contributed by atoms with E-state index in [9.17, 15) is 4.79 Å². The van der Waals surface area contributed by atoms with Crippen molar-refractivity contribution in [2.75, 3.05) is 0 Å². The molecule has 0 aliphatic rings. The first-order valence-electron chi connectivity index (χ1n) is 8.48. The summed E-state index contributed by atoms with van der Waals surface area (Å²) in [6.07, 6.45) is 1.18. The van der Waals surface area contributed by atoms with Gasteiger partial charge in [0, 0.05) is 5.56 Å². The Labute approximate surface area is 165 Å². The molecule has 0 saturated heterocycles. The third-order valence-electron chi connectivity index (χ3n) is 4.26. The normalized spacial score (nSPS) is 12.1. The van der Waals surface area contributed by atoms with Gasteiger partial charge in [0.2, 0.25) is 0 Å². The predicted molar refractivity (Wildman–Crippen MR) is 112 cm³/mol. The van der Waals surface area contributed by atoms with Gasteiger partial charge in [-0.15, -0.1) is 0 Å². The van der Waals surface area contributed by atoms with Gasteiger partial charge in [0.15, 0.2) is 5.52 Å². The molecule has 0 saturated carbocycles. The molecule has 2 aromatic rings. The van der Waals surface area contributed by atoms with Crippen LogP contribution in [0.2, 0.25) is 0 Å². The molecule has 130 valence electrons. The van der Waals surface area contributed by atoms with E-state index in [1.54, 1.807) is 0 Å². The number of carbonyl (C=O) groups excluding carboxylic acids is 1. The summed E-state index contributed by atoms with van der Waals surface area (Å²) in [7, 11) is 0.142. The van der Waals surface area contributed by atoms with Crippen molar-refractivity contribution in [1.29, 1.82) is 0 Å². The number of rotatable bonds is 6. The number of ether oxygens (including phenoxy) is 1. The molecule has 2 unspecified atom stereocenters. The number of aryl methyl sites for hydroxylation is 4. The molecule has 0 heterocycles. The van der Waals surface area contributed by atoms with E-state index < -0.39 is 0 Å². The topological polar surface area (TPSA) is 26.3 Å². The van der Waals surface area contributed by atoms with Crippen LogP contribution in [0.4, 0.5) is 0 Å². The molecule has 2 aromatic carbocycles. The van der Waals surface area contributed by atoms with Gasteiger partial charge in [-0.2, -0.15) is 0 Å². The molecule has 4 heteroatoms. The third kappa shape index (κ3) is 5.72. The molecule has 0 aliphatic carbocycles. The maximum absolute atomic E-state index is 12.8. The standard InChI is InChI=1S/C21H27O2P.Li.H/c1-7-17(6)23-18-8-9-19(14(3)12-18)24-21(22)20-15(4)10-13(2)11-16(20)5;;/h8-12,17,24H,7H2,1-6H3;;. The maximum atomic E-state index is 12.8. The average Bonchev–Trinajstić information content (AvgIpc) is 2.48. The van der Waals surface area contributed by atoms with Crippen LogP contribution in [-0.2, 0) is 0 Å². The van der Waals surface area contributed by atoms with E-state index in [-0.39, 0.29) is 39.1 Å². The Morgan fingerprint density at radius 1 is 1.04 bits per heavy atom. The molecule has 2 nitrogen and oxygen atoms in total. The first-order valence-corrected chi connectivity index (χ1v) is 9.48. The van der Waals surface area contributed by atoms with E-state index in [1.807, 2.05) is 39.0 Å². The number of hydrogen-bond acceptors (Lipinski definition) is 2. The van der Waals surface area contributed by atoms with Crippen molar-refractivity contribution in [3.05, 3.63) is 58.1 Å². The van der Waals surface area contributed by atoms with Gasteiger partial charge >= 0.3 is 18.9 Å². The van der Waals surface area contributed by atoms with Crippen LogP contribution in [0.3, 0.4) is 0 Å². The van der Waals surface area contributed by atoms with Crippen molar-refractivity contribution in [2.24, 2.45) is 0 Å². The molecule has 25 heavy (non-hydrogen) atoms. The number of hydrogen-bond donors (Lipinski definition) is 0. The van der Waals surface area contributed by atoms with Crippen LogP contribution in [0.25, 0.3) is 0 Å². The summed E-state index contributed by atoms with van der Waals surface area (Å²) in [5.41, 5.74) is 5.54. The van der Waals surface area contributed by atoms with Gasteiger partial charge in [-0.05, 0) is 83.7 Å². The molecular formula is C21H28LiO2P. The zero-order valence-electron chi connectivity index (χ0n) is 15.5. The molecule has 0 bridgehead atoms. The second-order valence-corrected chi connectivity index (χ2v) is 7.78. The van der Waals surface area contributed by atoms with Gasteiger partial charge in [-0.3, -0.25) is 4.79 Å². The summed E-state index contributed by atoms with van der Waals surface area (Å²) in [6.45, 7) is 12.3. The number of benzene rings is 2. The van der Waals surface area contributed by atoms with Crippen molar-refractivity contribution in [1.82, 2.24) is 0 Å². The minimum atomic E-state index is 0. The van der Waals surface area contributed by atoms with Crippen molar-refractivity contribution >= 4 is 38.3 Å². The molecule has 0 aromatic heterocycles. The van der Waals surface area contributed by atoms with Crippen LogP contribution < -0.4 is 10.0 Å².